The summed E-state index contributed by atoms with van der Waals surface area (Å²) in [5.74, 6) is 0.894. The Morgan fingerprint density at radius 3 is 2.25 bits per heavy atom. The van der Waals surface area contributed by atoms with Gasteiger partial charge in [0.15, 0.2) is 0 Å². The summed E-state index contributed by atoms with van der Waals surface area (Å²) in [5, 5.41) is 2.19. The second-order valence-electron chi connectivity index (χ2n) is 4.57. The van der Waals surface area contributed by atoms with Gasteiger partial charge in [-0.15, -0.1) is 11.3 Å². The number of halogens is 1. The van der Waals surface area contributed by atoms with Gasteiger partial charge in [-0.05, 0) is 45.3 Å². The van der Waals surface area contributed by atoms with E-state index in [4.69, 9.17) is 0 Å². The molecule has 0 spiro atoms. The average molecular weight is 303 g/mol. The van der Waals surface area contributed by atoms with Crippen molar-refractivity contribution in [3.8, 4) is 0 Å². The number of hydrogen-bond acceptors (Lipinski definition) is 1. The molecule has 0 radical (unpaired) electrons. The first-order valence-corrected chi connectivity index (χ1v) is 8.17. The van der Waals surface area contributed by atoms with Crippen LogP contribution in [0.3, 0.4) is 0 Å². The van der Waals surface area contributed by atoms with Crippen LogP contribution in [0, 0.1) is 5.92 Å². The third kappa shape index (κ3) is 5.01. The first-order chi connectivity index (χ1) is 7.77. The molecule has 0 amide bonds. The van der Waals surface area contributed by atoms with Gasteiger partial charge in [-0.25, -0.2) is 0 Å². The van der Waals surface area contributed by atoms with Crippen molar-refractivity contribution >= 4 is 27.3 Å². The predicted molar refractivity (Wildman–Crippen MR) is 78.3 cm³/mol. The van der Waals surface area contributed by atoms with E-state index in [1.807, 2.05) is 11.3 Å². The Bertz CT molecular complexity index is 272. The maximum atomic E-state index is 3.65. The number of hydrogen-bond donors (Lipinski definition) is 0. The summed E-state index contributed by atoms with van der Waals surface area (Å²) in [6, 6.07) is 2.28. The molecule has 0 aromatic carbocycles. The maximum Gasteiger partial charge on any atom is 0.0730 e. The fourth-order valence-corrected chi connectivity index (χ4v) is 3.38. The normalized spacial score (nSPS) is 11.2. The lowest BCUT2D eigenvalue weighted by atomic mass is 9.91. The molecule has 0 bridgehead atoms. The van der Waals surface area contributed by atoms with Crippen molar-refractivity contribution in [2.45, 2.75) is 58.8 Å². The monoisotopic (exact) mass is 302 g/mol. The van der Waals surface area contributed by atoms with Gasteiger partial charge in [0.05, 0.1) is 3.79 Å². The van der Waals surface area contributed by atoms with E-state index < -0.39 is 0 Å². The molecule has 0 saturated carbocycles. The minimum absolute atomic E-state index is 0.894. The first-order valence-electron chi connectivity index (χ1n) is 6.49. The highest BCUT2D eigenvalue weighted by molar-refractivity contribution is 9.11. The molecule has 92 valence electrons. The summed E-state index contributed by atoms with van der Waals surface area (Å²) in [6.07, 6.45) is 9.49. The molecule has 0 saturated heterocycles. The summed E-state index contributed by atoms with van der Waals surface area (Å²) in [7, 11) is 0. The van der Waals surface area contributed by atoms with Crippen molar-refractivity contribution in [1.29, 1.82) is 0 Å². The molecule has 16 heavy (non-hydrogen) atoms. The highest BCUT2D eigenvalue weighted by Crippen LogP contribution is 2.29. The molecule has 1 aromatic heterocycles. The average Bonchev–Trinajstić information content (AvgIpc) is 2.68. The molecule has 2 heteroatoms. The zero-order valence-electron chi connectivity index (χ0n) is 10.5. The highest BCUT2D eigenvalue weighted by atomic mass is 79.9. The van der Waals surface area contributed by atoms with Crippen LogP contribution in [0.15, 0.2) is 15.2 Å². The van der Waals surface area contributed by atoms with Crippen molar-refractivity contribution in [3.05, 3.63) is 20.8 Å². The Morgan fingerprint density at radius 2 is 1.81 bits per heavy atom. The number of rotatable bonds is 8. The second kappa shape index (κ2) is 8.30. The molecule has 0 aliphatic rings. The van der Waals surface area contributed by atoms with Gasteiger partial charge in [0.25, 0.3) is 0 Å². The SMILES string of the molecule is CCCCC(CCCC)Cc1ccsc1Br. The Kier molecular flexibility index (Phi) is 7.39. The minimum Gasteiger partial charge on any atom is -0.137 e. The molecule has 0 fully saturated rings. The molecule has 0 aliphatic heterocycles. The molecule has 1 rings (SSSR count). The Morgan fingerprint density at radius 1 is 1.19 bits per heavy atom. The van der Waals surface area contributed by atoms with E-state index in [2.05, 4.69) is 41.2 Å². The van der Waals surface area contributed by atoms with Crippen LogP contribution >= 0.6 is 27.3 Å². The summed E-state index contributed by atoms with van der Waals surface area (Å²) >= 11 is 5.46. The fourth-order valence-electron chi connectivity index (χ4n) is 2.11. The Hall–Kier alpha value is 0.180. The fraction of sp³-hybridized carbons (Fsp3) is 0.714. The van der Waals surface area contributed by atoms with E-state index >= 15 is 0 Å². The van der Waals surface area contributed by atoms with Gasteiger partial charge in [0.1, 0.15) is 0 Å². The van der Waals surface area contributed by atoms with E-state index in [1.54, 1.807) is 0 Å². The van der Waals surface area contributed by atoms with E-state index in [0.29, 0.717) is 0 Å². The molecule has 1 aromatic rings. The smallest absolute Gasteiger partial charge is 0.0730 e. The maximum absolute atomic E-state index is 3.65. The van der Waals surface area contributed by atoms with Crippen molar-refractivity contribution in [3.63, 3.8) is 0 Å². The zero-order valence-corrected chi connectivity index (χ0v) is 12.9. The molecule has 0 aliphatic carbocycles. The van der Waals surface area contributed by atoms with Gasteiger partial charge < -0.3 is 0 Å². The van der Waals surface area contributed by atoms with Crippen LogP contribution in [0.25, 0.3) is 0 Å². The highest BCUT2D eigenvalue weighted by Gasteiger charge is 2.11. The van der Waals surface area contributed by atoms with Crippen LogP contribution in [-0.4, -0.2) is 0 Å². The van der Waals surface area contributed by atoms with Crippen molar-refractivity contribution in [1.82, 2.24) is 0 Å². The summed E-state index contributed by atoms with van der Waals surface area (Å²) < 4.78 is 1.34. The van der Waals surface area contributed by atoms with E-state index in [0.717, 1.165) is 5.92 Å². The predicted octanol–water partition coefficient (Wildman–Crippen LogP) is 6.05. The minimum atomic E-state index is 0.894. The van der Waals surface area contributed by atoms with Crippen LogP contribution in [-0.2, 0) is 6.42 Å². The van der Waals surface area contributed by atoms with Crippen molar-refractivity contribution < 1.29 is 0 Å². The van der Waals surface area contributed by atoms with Gasteiger partial charge in [0, 0.05) is 0 Å². The summed E-state index contributed by atoms with van der Waals surface area (Å²) in [6.45, 7) is 4.58. The van der Waals surface area contributed by atoms with E-state index in [9.17, 15) is 0 Å². The largest absolute Gasteiger partial charge is 0.137 e. The van der Waals surface area contributed by atoms with Gasteiger partial charge in [-0.1, -0.05) is 52.4 Å². The van der Waals surface area contributed by atoms with Gasteiger partial charge in [-0.2, -0.15) is 0 Å². The van der Waals surface area contributed by atoms with Crippen LogP contribution in [0.5, 0.6) is 0 Å². The van der Waals surface area contributed by atoms with Crippen LogP contribution in [0.2, 0.25) is 0 Å². The lowest BCUT2D eigenvalue weighted by molar-refractivity contribution is 0.417. The summed E-state index contributed by atoms with van der Waals surface area (Å²) in [4.78, 5) is 0. The number of unbranched alkanes of at least 4 members (excludes halogenated alkanes) is 2. The molecular formula is C14H23BrS. The van der Waals surface area contributed by atoms with E-state index in [-0.39, 0.29) is 0 Å². The van der Waals surface area contributed by atoms with Crippen LogP contribution in [0.4, 0.5) is 0 Å². The van der Waals surface area contributed by atoms with Gasteiger partial charge in [0.2, 0.25) is 0 Å². The third-order valence-corrected chi connectivity index (χ3v) is 4.94. The number of thiophene rings is 1. The molecule has 0 N–H and O–H groups in total. The first kappa shape index (κ1) is 14.2. The van der Waals surface area contributed by atoms with Crippen molar-refractivity contribution in [2.24, 2.45) is 5.92 Å². The molecule has 0 atom stereocenters. The molecule has 0 nitrogen and oxygen atoms in total. The lowest BCUT2D eigenvalue weighted by Crippen LogP contribution is -2.04. The van der Waals surface area contributed by atoms with Crippen molar-refractivity contribution in [2.75, 3.05) is 0 Å². The quantitative estimate of drug-likeness (QED) is 0.548. The Labute approximate surface area is 113 Å². The third-order valence-electron chi connectivity index (χ3n) is 3.13. The zero-order chi connectivity index (χ0) is 11.8. The van der Waals surface area contributed by atoms with Crippen LogP contribution in [0.1, 0.15) is 57.9 Å². The second-order valence-corrected chi connectivity index (χ2v) is 6.81. The Balaban J connectivity index is 2.45. The van der Waals surface area contributed by atoms with E-state index in [1.165, 1.54) is 54.3 Å². The molecule has 0 unspecified atom stereocenters. The summed E-state index contributed by atoms with van der Waals surface area (Å²) in [5.41, 5.74) is 1.52. The van der Waals surface area contributed by atoms with Gasteiger partial charge >= 0.3 is 0 Å². The van der Waals surface area contributed by atoms with Crippen LogP contribution < -0.4 is 0 Å². The molecule has 1 heterocycles. The van der Waals surface area contributed by atoms with Gasteiger partial charge in [-0.3, -0.25) is 0 Å². The standard InChI is InChI=1S/C14H23BrS/c1-3-5-7-12(8-6-4-2)11-13-9-10-16-14(13)15/h9-10,12H,3-8,11H2,1-2H3. The molecular weight excluding hydrogens is 280 g/mol. The topological polar surface area (TPSA) is 0 Å². The lowest BCUT2D eigenvalue weighted by Gasteiger charge is -2.15.